The van der Waals surface area contributed by atoms with Crippen molar-refractivity contribution >= 4 is 11.6 Å². The third kappa shape index (κ3) is 2.77. The number of hydrogen-bond donors (Lipinski definition) is 1. The van der Waals surface area contributed by atoms with E-state index in [0.29, 0.717) is 26.1 Å². The molecule has 0 radical (unpaired) electrons. The molecule has 0 unspecified atom stereocenters. The lowest BCUT2D eigenvalue weighted by Gasteiger charge is -2.36. The van der Waals surface area contributed by atoms with Gasteiger partial charge in [0.05, 0.1) is 5.41 Å². The van der Waals surface area contributed by atoms with Gasteiger partial charge in [0.1, 0.15) is 0 Å². The molecule has 114 valence electrons. The third-order valence-electron chi connectivity index (χ3n) is 4.50. The first-order valence-electron chi connectivity index (χ1n) is 7.73. The van der Waals surface area contributed by atoms with Crippen LogP contribution in [0.5, 0.6) is 0 Å². The second-order valence-corrected chi connectivity index (χ2v) is 5.83. The highest BCUT2D eigenvalue weighted by molar-refractivity contribution is 5.99. The van der Waals surface area contributed by atoms with Crippen molar-refractivity contribution < 1.29 is 9.53 Å². The highest BCUT2D eigenvalue weighted by Crippen LogP contribution is 2.36. The molecular formula is C19H21NO2. The number of ether oxygens (including phenoxy) is 1. The maximum Gasteiger partial charge on any atom is 0.235 e. The zero-order valence-corrected chi connectivity index (χ0v) is 12.8. The minimum atomic E-state index is -0.498. The predicted molar refractivity (Wildman–Crippen MR) is 88.0 cm³/mol. The first-order valence-corrected chi connectivity index (χ1v) is 7.73. The van der Waals surface area contributed by atoms with Crippen LogP contribution in [0.15, 0.2) is 54.6 Å². The summed E-state index contributed by atoms with van der Waals surface area (Å²) in [4.78, 5) is 13.1. The fourth-order valence-corrected chi connectivity index (χ4v) is 3.08. The number of nitrogens with one attached hydrogen (secondary N) is 1. The van der Waals surface area contributed by atoms with E-state index in [1.165, 1.54) is 0 Å². The van der Waals surface area contributed by atoms with Gasteiger partial charge >= 0.3 is 0 Å². The fraction of sp³-hybridized carbons (Fsp3) is 0.316. The number of rotatable bonds is 3. The van der Waals surface area contributed by atoms with E-state index in [-0.39, 0.29) is 5.91 Å². The summed E-state index contributed by atoms with van der Waals surface area (Å²) in [6.07, 6.45) is 1.43. The molecule has 1 fully saturated rings. The van der Waals surface area contributed by atoms with Crippen molar-refractivity contribution in [3.8, 4) is 0 Å². The highest BCUT2D eigenvalue weighted by Gasteiger charge is 2.41. The Hall–Kier alpha value is -2.13. The van der Waals surface area contributed by atoms with Gasteiger partial charge in [-0.15, -0.1) is 0 Å². The van der Waals surface area contributed by atoms with Crippen molar-refractivity contribution in [2.75, 3.05) is 18.5 Å². The molecule has 0 atom stereocenters. The zero-order chi connectivity index (χ0) is 15.4. The average Bonchev–Trinajstić information content (AvgIpc) is 2.58. The lowest BCUT2D eigenvalue weighted by molar-refractivity contribution is -0.125. The van der Waals surface area contributed by atoms with Crippen LogP contribution in [-0.4, -0.2) is 19.1 Å². The molecule has 1 heterocycles. The Morgan fingerprint density at radius 3 is 2.32 bits per heavy atom. The molecule has 2 aromatic carbocycles. The Labute approximate surface area is 131 Å². The van der Waals surface area contributed by atoms with Gasteiger partial charge in [-0.3, -0.25) is 4.79 Å². The second kappa shape index (κ2) is 6.32. The van der Waals surface area contributed by atoms with Gasteiger partial charge in [0.25, 0.3) is 0 Å². The Balaban J connectivity index is 1.93. The van der Waals surface area contributed by atoms with Crippen molar-refractivity contribution in [1.82, 2.24) is 0 Å². The maximum atomic E-state index is 13.1. The minimum absolute atomic E-state index is 0.0660. The van der Waals surface area contributed by atoms with E-state index in [4.69, 9.17) is 4.74 Å². The average molecular weight is 295 g/mol. The highest BCUT2D eigenvalue weighted by atomic mass is 16.5. The molecule has 3 nitrogen and oxygen atoms in total. The van der Waals surface area contributed by atoms with E-state index in [1.54, 1.807) is 0 Å². The molecular weight excluding hydrogens is 274 g/mol. The van der Waals surface area contributed by atoms with Crippen LogP contribution in [0.1, 0.15) is 24.0 Å². The molecule has 1 N–H and O–H groups in total. The van der Waals surface area contributed by atoms with Crippen LogP contribution in [-0.2, 0) is 14.9 Å². The van der Waals surface area contributed by atoms with Gasteiger partial charge in [-0.05, 0) is 37.0 Å². The molecule has 1 aliphatic rings. The molecule has 0 bridgehead atoms. The Kier molecular flexibility index (Phi) is 4.25. The fourth-order valence-electron chi connectivity index (χ4n) is 3.08. The monoisotopic (exact) mass is 295 g/mol. The van der Waals surface area contributed by atoms with E-state index >= 15 is 0 Å². The quantitative estimate of drug-likeness (QED) is 0.938. The number of benzene rings is 2. The van der Waals surface area contributed by atoms with Crippen molar-refractivity contribution in [1.29, 1.82) is 0 Å². The first-order chi connectivity index (χ1) is 10.7. The molecule has 2 aromatic rings. The SMILES string of the molecule is Cc1ccccc1NC(=O)C1(c2ccccc2)CCOCC1. The largest absolute Gasteiger partial charge is 0.381 e. The summed E-state index contributed by atoms with van der Waals surface area (Å²) in [7, 11) is 0. The van der Waals surface area contributed by atoms with E-state index < -0.39 is 5.41 Å². The molecule has 3 rings (SSSR count). The Morgan fingerprint density at radius 2 is 1.64 bits per heavy atom. The normalized spacial score (nSPS) is 17.0. The van der Waals surface area contributed by atoms with Crippen LogP contribution in [0.3, 0.4) is 0 Å². The lowest BCUT2D eigenvalue weighted by Crippen LogP contribution is -2.44. The number of anilines is 1. The smallest absolute Gasteiger partial charge is 0.235 e. The summed E-state index contributed by atoms with van der Waals surface area (Å²) in [6, 6.07) is 17.9. The number of carbonyl (C=O) groups excluding carboxylic acids is 1. The van der Waals surface area contributed by atoms with E-state index in [1.807, 2.05) is 61.5 Å². The van der Waals surface area contributed by atoms with Crippen molar-refractivity contribution in [3.63, 3.8) is 0 Å². The Bertz CT molecular complexity index is 645. The summed E-state index contributed by atoms with van der Waals surface area (Å²) in [5.41, 5.74) is 2.53. The molecule has 0 aromatic heterocycles. The molecule has 22 heavy (non-hydrogen) atoms. The van der Waals surface area contributed by atoms with Crippen molar-refractivity contribution in [2.45, 2.75) is 25.2 Å². The van der Waals surface area contributed by atoms with Gasteiger partial charge in [0, 0.05) is 18.9 Å². The first kappa shape index (κ1) is 14.8. The summed E-state index contributed by atoms with van der Waals surface area (Å²) >= 11 is 0. The molecule has 1 aliphatic heterocycles. The topological polar surface area (TPSA) is 38.3 Å². The van der Waals surface area contributed by atoms with E-state index in [2.05, 4.69) is 5.32 Å². The second-order valence-electron chi connectivity index (χ2n) is 5.83. The van der Waals surface area contributed by atoms with Crippen LogP contribution in [0.25, 0.3) is 0 Å². The van der Waals surface area contributed by atoms with Gasteiger partial charge in [-0.25, -0.2) is 0 Å². The number of carbonyl (C=O) groups is 1. The molecule has 0 spiro atoms. The molecule has 1 amide bonds. The zero-order valence-electron chi connectivity index (χ0n) is 12.8. The summed E-state index contributed by atoms with van der Waals surface area (Å²) in [5.74, 6) is 0.0660. The minimum Gasteiger partial charge on any atom is -0.381 e. The van der Waals surface area contributed by atoms with E-state index in [9.17, 15) is 4.79 Å². The number of para-hydroxylation sites is 1. The van der Waals surface area contributed by atoms with Gasteiger partial charge < -0.3 is 10.1 Å². The van der Waals surface area contributed by atoms with Gasteiger partial charge in [-0.1, -0.05) is 48.5 Å². The van der Waals surface area contributed by atoms with E-state index in [0.717, 1.165) is 16.8 Å². The van der Waals surface area contributed by atoms with Gasteiger partial charge in [-0.2, -0.15) is 0 Å². The molecule has 1 saturated heterocycles. The predicted octanol–water partition coefficient (Wildman–Crippen LogP) is 3.68. The lowest BCUT2D eigenvalue weighted by atomic mass is 9.73. The Morgan fingerprint density at radius 1 is 1.00 bits per heavy atom. The third-order valence-corrected chi connectivity index (χ3v) is 4.50. The number of aryl methyl sites for hydroxylation is 1. The molecule has 0 saturated carbocycles. The van der Waals surface area contributed by atoms with Crippen LogP contribution in [0.4, 0.5) is 5.69 Å². The summed E-state index contributed by atoms with van der Waals surface area (Å²) in [6.45, 7) is 3.25. The number of hydrogen-bond acceptors (Lipinski definition) is 2. The van der Waals surface area contributed by atoms with Gasteiger partial charge in [0.15, 0.2) is 0 Å². The molecule has 3 heteroatoms. The van der Waals surface area contributed by atoms with Crippen LogP contribution in [0, 0.1) is 6.92 Å². The van der Waals surface area contributed by atoms with Gasteiger partial charge in [0.2, 0.25) is 5.91 Å². The standard InChI is InChI=1S/C19H21NO2/c1-15-7-5-6-10-17(15)20-18(21)19(11-13-22-14-12-19)16-8-3-2-4-9-16/h2-10H,11-14H2,1H3,(H,20,21). The summed E-state index contributed by atoms with van der Waals surface area (Å²) in [5, 5.41) is 3.12. The maximum absolute atomic E-state index is 13.1. The van der Waals surface area contributed by atoms with Crippen LogP contribution in [0.2, 0.25) is 0 Å². The van der Waals surface area contributed by atoms with Crippen molar-refractivity contribution in [2.24, 2.45) is 0 Å². The van der Waals surface area contributed by atoms with Crippen LogP contribution < -0.4 is 5.32 Å². The molecule has 0 aliphatic carbocycles. The van der Waals surface area contributed by atoms with Crippen LogP contribution >= 0.6 is 0 Å². The van der Waals surface area contributed by atoms with Crippen molar-refractivity contribution in [3.05, 3.63) is 65.7 Å². The summed E-state index contributed by atoms with van der Waals surface area (Å²) < 4.78 is 5.49. The number of amides is 1.